The quantitative estimate of drug-likeness (QED) is 0.736. The molecule has 0 saturated carbocycles. The van der Waals surface area contributed by atoms with Crippen molar-refractivity contribution in [1.82, 2.24) is 0 Å². The van der Waals surface area contributed by atoms with Crippen LogP contribution in [-0.4, -0.2) is 5.11 Å². The van der Waals surface area contributed by atoms with Crippen LogP contribution in [0.5, 0.6) is 0 Å². The van der Waals surface area contributed by atoms with Crippen molar-refractivity contribution in [3.8, 4) is 6.07 Å². The Hall–Kier alpha value is -1.61. The molecule has 0 atom stereocenters. The second kappa shape index (κ2) is 3.87. The van der Waals surface area contributed by atoms with Gasteiger partial charge in [0.05, 0.1) is 12.2 Å². The summed E-state index contributed by atoms with van der Waals surface area (Å²) in [6.45, 7) is -0.744. The fourth-order valence-corrected chi connectivity index (χ4v) is 1.16. The summed E-state index contributed by atoms with van der Waals surface area (Å²) in [6, 6.07) is 2.77. The highest BCUT2D eigenvalue weighted by molar-refractivity contribution is 5.46. The fourth-order valence-electron chi connectivity index (χ4n) is 1.16. The van der Waals surface area contributed by atoms with Crippen LogP contribution in [0.15, 0.2) is 12.1 Å². The molecule has 0 bridgehead atoms. The van der Waals surface area contributed by atoms with Crippen LogP contribution in [0.1, 0.15) is 16.7 Å². The number of rotatable bonds is 1. The molecule has 0 aliphatic rings. The molecule has 80 valence electrons. The molecule has 0 amide bonds. The normalized spacial score (nSPS) is 11.2. The summed E-state index contributed by atoms with van der Waals surface area (Å²) in [6.07, 6.45) is -4.94. The fraction of sp³-hybridized carbons (Fsp3) is 0.222. The van der Waals surface area contributed by atoms with Gasteiger partial charge < -0.3 is 5.11 Å². The Morgan fingerprint density at radius 1 is 1.33 bits per heavy atom. The molecule has 0 aliphatic heterocycles. The highest BCUT2D eigenvalue weighted by Crippen LogP contribution is 2.35. The van der Waals surface area contributed by atoms with E-state index in [9.17, 15) is 17.6 Å². The van der Waals surface area contributed by atoms with Crippen molar-refractivity contribution < 1.29 is 22.7 Å². The van der Waals surface area contributed by atoms with E-state index < -0.39 is 29.7 Å². The third kappa shape index (κ3) is 2.07. The van der Waals surface area contributed by atoms with Crippen molar-refractivity contribution >= 4 is 0 Å². The van der Waals surface area contributed by atoms with Crippen LogP contribution in [0.4, 0.5) is 17.6 Å². The smallest absolute Gasteiger partial charge is 0.392 e. The predicted octanol–water partition coefficient (Wildman–Crippen LogP) is 2.21. The minimum absolute atomic E-state index is 0.244. The Morgan fingerprint density at radius 3 is 2.33 bits per heavy atom. The zero-order chi connectivity index (χ0) is 11.6. The molecule has 6 heteroatoms. The van der Waals surface area contributed by atoms with Gasteiger partial charge in [-0.3, -0.25) is 0 Å². The molecular formula is C9H5F4NO. The van der Waals surface area contributed by atoms with Crippen molar-refractivity contribution in [3.63, 3.8) is 0 Å². The van der Waals surface area contributed by atoms with Crippen molar-refractivity contribution in [2.75, 3.05) is 0 Å². The van der Waals surface area contributed by atoms with E-state index in [2.05, 4.69) is 0 Å². The monoisotopic (exact) mass is 219 g/mol. The molecule has 0 fully saturated rings. The van der Waals surface area contributed by atoms with Gasteiger partial charge in [-0.25, -0.2) is 4.39 Å². The molecule has 1 rings (SSSR count). The van der Waals surface area contributed by atoms with Gasteiger partial charge in [-0.05, 0) is 11.6 Å². The molecule has 1 aromatic carbocycles. The summed E-state index contributed by atoms with van der Waals surface area (Å²) in [7, 11) is 0. The number of halogens is 4. The lowest BCUT2D eigenvalue weighted by Gasteiger charge is -2.11. The van der Waals surface area contributed by atoms with Crippen molar-refractivity contribution in [3.05, 3.63) is 34.6 Å². The molecule has 0 radical (unpaired) electrons. The minimum atomic E-state index is -4.94. The lowest BCUT2D eigenvalue weighted by molar-refractivity contribution is -0.140. The van der Waals surface area contributed by atoms with Crippen LogP contribution in [0.25, 0.3) is 0 Å². The van der Waals surface area contributed by atoms with E-state index in [0.29, 0.717) is 6.07 Å². The molecule has 1 N–H and O–H groups in total. The molecule has 0 unspecified atom stereocenters. The number of hydrogen-bond acceptors (Lipinski definition) is 2. The zero-order valence-corrected chi connectivity index (χ0v) is 7.27. The predicted molar refractivity (Wildman–Crippen MR) is 42.0 cm³/mol. The Bertz CT molecular complexity index is 419. The van der Waals surface area contributed by atoms with Gasteiger partial charge in [0.1, 0.15) is 17.4 Å². The van der Waals surface area contributed by atoms with Gasteiger partial charge in [0.2, 0.25) is 0 Å². The number of benzene rings is 1. The number of nitrogens with zero attached hydrogens (tertiary/aromatic N) is 1. The van der Waals surface area contributed by atoms with Crippen LogP contribution in [-0.2, 0) is 12.8 Å². The average molecular weight is 219 g/mol. The Balaban J connectivity index is 3.55. The van der Waals surface area contributed by atoms with Gasteiger partial charge in [-0.1, -0.05) is 6.07 Å². The summed E-state index contributed by atoms with van der Waals surface area (Å²) in [5.74, 6) is -1.52. The van der Waals surface area contributed by atoms with Gasteiger partial charge in [0.25, 0.3) is 0 Å². The topological polar surface area (TPSA) is 44.0 Å². The van der Waals surface area contributed by atoms with Crippen LogP contribution in [0.2, 0.25) is 0 Å². The molecule has 1 aromatic rings. The van der Waals surface area contributed by atoms with Crippen molar-refractivity contribution in [1.29, 1.82) is 5.26 Å². The highest BCUT2D eigenvalue weighted by atomic mass is 19.4. The van der Waals surface area contributed by atoms with Gasteiger partial charge in [-0.15, -0.1) is 0 Å². The Kier molecular flexibility index (Phi) is 2.95. The third-order valence-electron chi connectivity index (χ3n) is 1.81. The van der Waals surface area contributed by atoms with Crippen molar-refractivity contribution in [2.24, 2.45) is 0 Å². The van der Waals surface area contributed by atoms with Crippen molar-refractivity contribution in [2.45, 2.75) is 12.8 Å². The second-order valence-corrected chi connectivity index (χ2v) is 2.72. The SMILES string of the molecule is N#Cc1c(CO)ccc(F)c1C(F)(F)F. The minimum Gasteiger partial charge on any atom is -0.392 e. The van der Waals surface area contributed by atoms with E-state index in [0.717, 1.165) is 6.07 Å². The maximum absolute atomic E-state index is 12.9. The molecule has 0 aliphatic carbocycles. The zero-order valence-electron chi connectivity index (χ0n) is 7.27. The molecule has 0 aromatic heterocycles. The van der Waals surface area contributed by atoms with E-state index in [-0.39, 0.29) is 5.56 Å². The summed E-state index contributed by atoms with van der Waals surface area (Å²) in [5, 5.41) is 17.2. The third-order valence-corrected chi connectivity index (χ3v) is 1.81. The standard InChI is InChI=1S/C9H5F4NO/c10-7-2-1-5(4-15)6(3-14)8(7)9(11,12)13/h1-2,15H,4H2. The van der Waals surface area contributed by atoms with Crippen LogP contribution >= 0.6 is 0 Å². The number of nitriles is 1. The number of aliphatic hydroxyl groups excluding tert-OH is 1. The Labute approximate surface area is 82.4 Å². The maximum atomic E-state index is 12.9. The second-order valence-electron chi connectivity index (χ2n) is 2.72. The first kappa shape index (κ1) is 11.5. The van der Waals surface area contributed by atoms with Gasteiger partial charge >= 0.3 is 6.18 Å². The largest absolute Gasteiger partial charge is 0.420 e. The van der Waals surface area contributed by atoms with Gasteiger partial charge in [-0.2, -0.15) is 18.4 Å². The van der Waals surface area contributed by atoms with Crippen LogP contribution in [0.3, 0.4) is 0 Å². The first-order valence-electron chi connectivity index (χ1n) is 3.81. The van der Waals surface area contributed by atoms with Gasteiger partial charge in [0, 0.05) is 0 Å². The summed E-state index contributed by atoms with van der Waals surface area (Å²) in [5.41, 5.74) is -2.74. The molecule has 2 nitrogen and oxygen atoms in total. The molecule has 0 heterocycles. The van der Waals surface area contributed by atoms with E-state index in [4.69, 9.17) is 10.4 Å². The van der Waals surface area contributed by atoms with E-state index in [1.54, 1.807) is 0 Å². The van der Waals surface area contributed by atoms with Crippen LogP contribution in [0, 0.1) is 17.1 Å². The first-order valence-corrected chi connectivity index (χ1v) is 3.81. The lowest BCUT2D eigenvalue weighted by Crippen LogP contribution is -2.12. The molecule has 0 saturated heterocycles. The van der Waals surface area contributed by atoms with E-state index in [1.165, 1.54) is 6.07 Å². The highest BCUT2D eigenvalue weighted by Gasteiger charge is 2.37. The Morgan fingerprint density at radius 2 is 1.93 bits per heavy atom. The summed E-state index contributed by atoms with van der Waals surface area (Å²) < 4.78 is 49.9. The number of alkyl halides is 3. The van der Waals surface area contributed by atoms with Crippen LogP contribution < -0.4 is 0 Å². The average Bonchev–Trinajstić information content (AvgIpc) is 2.15. The lowest BCUT2D eigenvalue weighted by atomic mass is 10.0. The molecule has 15 heavy (non-hydrogen) atoms. The van der Waals surface area contributed by atoms with E-state index >= 15 is 0 Å². The summed E-state index contributed by atoms with van der Waals surface area (Å²) in [4.78, 5) is 0. The number of aliphatic hydroxyl groups is 1. The van der Waals surface area contributed by atoms with Gasteiger partial charge in [0.15, 0.2) is 0 Å². The first-order chi connectivity index (χ1) is 6.91. The summed E-state index contributed by atoms with van der Waals surface area (Å²) >= 11 is 0. The molecule has 0 spiro atoms. The van der Waals surface area contributed by atoms with E-state index in [1.807, 2.05) is 0 Å². The maximum Gasteiger partial charge on any atom is 0.420 e. The number of hydrogen-bond donors (Lipinski definition) is 1. The molecular weight excluding hydrogens is 214 g/mol.